The fourth-order valence-electron chi connectivity index (χ4n) is 3.24. The van der Waals surface area contributed by atoms with Crippen molar-refractivity contribution in [3.05, 3.63) is 29.8 Å². The average molecular weight is 317 g/mol. The molecule has 2 saturated heterocycles. The average Bonchev–Trinajstić information content (AvgIpc) is 3.00. The maximum atomic E-state index is 12.0. The number of piperidine rings is 1. The van der Waals surface area contributed by atoms with Gasteiger partial charge >= 0.3 is 6.03 Å². The molecule has 2 N–H and O–H groups in total. The third-order valence-corrected chi connectivity index (χ3v) is 4.74. The summed E-state index contributed by atoms with van der Waals surface area (Å²) in [6.07, 6.45) is 4.78. The number of nitrogens with zero attached hydrogens (tertiary/aromatic N) is 1. The molecule has 5 heteroatoms. The molecule has 1 atom stereocenters. The van der Waals surface area contributed by atoms with Gasteiger partial charge < -0.3 is 20.3 Å². The summed E-state index contributed by atoms with van der Waals surface area (Å²) in [6.45, 7) is 6.18. The van der Waals surface area contributed by atoms with Crippen molar-refractivity contribution in [3.63, 3.8) is 0 Å². The van der Waals surface area contributed by atoms with Gasteiger partial charge in [0.1, 0.15) is 0 Å². The zero-order chi connectivity index (χ0) is 16.1. The monoisotopic (exact) mass is 317 g/mol. The standard InChI is InChI=1S/C18H27N3O2/c1-18(9-12-23-14-18)20-17(22)19-13-15-5-7-16(8-6-15)21-10-3-2-4-11-21/h5-8H,2-4,9-14H2,1H3,(H2,19,20,22). The molecule has 2 aliphatic rings. The van der Waals surface area contributed by atoms with Crippen molar-refractivity contribution in [1.29, 1.82) is 0 Å². The molecule has 0 aromatic heterocycles. The van der Waals surface area contributed by atoms with Crippen molar-refractivity contribution >= 4 is 11.7 Å². The molecule has 0 saturated carbocycles. The van der Waals surface area contributed by atoms with Crippen LogP contribution in [0.1, 0.15) is 38.2 Å². The van der Waals surface area contributed by atoms with Crippen molar-refractivity contribution in [2.24, 2.45) is 0 Å². The smallest absolute Gasteiger partial charge is 0.315 e. The lowest BCUT2D eigenvalue weighted by Crippen LogP contribution is -2.50. The second-order valence-electron chi connectivity index (χ2n) is 6.89. The first-order chi connectivity index (χ1) is 11.1. The number of nitrogens with one attached hydrogen (secondary N) is 2. The van der Waals surface area contributed by atoms with Crippen LogP contribution < -0.4 is 15.5 Å². The van der Waals surface area contributed by atoms with Crippen LogP contribution in [-0.4, -0.2) is 37.9 Å². The Kier molecular flexibility index (Phi) is 5.06. The molecule has 126 valence electrons. The fraction of sp³-hybridized carbons (Fsp3) is 0.611. The van der Waals surface area contributed by atoms with Gasteiger partial charge in [-0.15, -0.1) is 0 Å². The van der Waals surface area contributed by atoms with E-state index in [-0.39, 0.29) is 11.6 Å². The van der Waals surface area contributed by atoms with Gasteiger partial charge in [-0.2, -0.15) is 0 Å². The molecule has 0 radical (unpaired) electrons. The second-order valence-corrected chi connectivity index (χ2v) is 6.89. The summed E-state index contributed by atoms with van der Waals surface area (Å²) >= 11 is 0. The van der Waals surface area contributed by atoms with E-state index in [9.17, 15) is 4.79 Å². The van der Waals surface area contributed by atoms with Crippen LogP contribution in [0.3, 0.4) is 0 Å². The highest BCUT2D eigenvalue weighted by atomic mass is 16.5. The minimum Gasteiger partial charge on any atom is -0.379 e. The predicted molar refractivity (Wildman–Crippen MR) is 91.7 cm³/mol. The summed E-state index contributed by atoms with van der Waals surface area (Å²) in [4.78, 5) is 14.4. The van der Waals surface area contributed by atoms with E-state index in [2.05, 4.69) is 39.8 Å². The van der Waals surface area contributed by atoms with Gasteiger partial charge in [-0.3, -0.25) is 0 Å². The zero-order valence-corrected chi connectivity index (χ0v) is 13.9. The molecule has 3 rings (SSSR count). The van der Waals surface area contributed by atoms with Crippen molar-refractivity contribution in [3.8, 4) is 0 Å². The van der Waals surface area contributed by atoms with Crippen molar-refractivity contribution in [2.75, 3.05) is 31.2 Å². The van der Waals surface area contributed by atoms with Crippen LogP contribution in [0, 0.1) is 0 Å². The Morgan fingerprint density at radius 1 is 1.22 bits per heavy atom. The van der Waals surface area contributed by atoms with E-state index in [1.807, 2.05) is 6.92 Å². The second kappa shape index (κ2) is 7.21. The van der Waals surface area contributed by atoms with Gasteiger partial charge in [0.25, 0.3) is 0 Å². The highest BCUT2D eigenvalue weighted by Crippen LogP contribution is 2.20. The molecule has 1 aromatic rings. The van der Waals surface area contributed by atoms with Crippen LogP contribution in [-0.2, 0) is 11.3 Å². The quantitative estimate of drug-likeness (QED) is 0.897. The fourth-order valence-corrected chi connectivity index (χ4v) is 3.24. The van der Waals surface area contributed by atoms with E-state index in [1.165, 1.54) is 24.9 Å². The number of hydrogen-bond donors (Lipinski definition) is 2. The Hall–Kier alpha value is -1.75. The molecule has 5 nitrogen and oxygen atoms in total. The first-order valence-corrected chi connectivity index (χ1v) is 8.62. The number of carbonyl (C=O) groups is 1. The van der Waals surface area contributed by atoms with E-state index in [0.717, 1.165) is 31.7 Å². The number of amides is 2. The molecule has 1 unspecified atom stereocenters. The van der Waals surface area contributed by atoms with E-state index in [0.29, 0.717) is 13.2 Å². The summed E-state index contributed by atoms with van der Waals surface area (Å²) in [7, 11) is 0. The van der Waals surface area contributed by atoms with Crippen LogP contribution in [0.4, 0.5) is 10.5 Å². The number of hydrogen-bond acceptors (Lipinski definition) is 3. The van der Waals surface area contributed by atoms with Crippen LogP contribution in [0.5, 0.6) is 0 Å². The Balaban J connectivity index is 1.47. The van der Waals surface area contributed by atoms with Gasteiger partial charge in [-0.25, -0.2) is 4.79 Å². The van der Waals surface area contributed by atoms with E-state index >= 15 is 0 Å². The molecule has 23 heavy (non-hydrogen) atoms. The largest absolute Gasteiger partial charge is 0.379 e. The number of carbonyl (C=O) groups excluding carboxylic acids is 1. The van der Waals surface area contributed by atoms with Gasteiger partial charge in [0.15, 0.2) is 0 Å². The molecule has 1 aromatic carbocycles. The van der Waals surface area contributed by atoms with Gasteiger partial charge in [-0.1, -0.05) is 12.1 Å². The molecule has 0 spiro atoms. The summed E-state index contributed by atoms with van der Waals surface area (Å²) in [5, 5.41) is 5.94. The summed E-state index contributed by atoms with van der Waals surface area (Å²) in [5.74, 6) is 0. The number of ether oxygens (including phenoxy) is 1. The van der Waals surface area contributed by atoms with Crippen LogP contribution in [0.25, 0.3) is 0 Å². The van der Waals surface area contributed by atoms with Gasteiger partial charge in [0.05, 0.1) is 12.1 Å². The topological polar surface area (TPSA) is 53.6 Å². The first-order valence-electron chi connectivity index (χ1n) is 8.62. The van der Waals surface area contributed by atoms with Gasteiger partial charge in [0.2, 0.25) is 0 Å². The molecule has 2 heterocycles. The summed E-state index contributed by atoms with van der Waals surface area (Å²) in [5.41, 5.74) is 2.17. The molecule has 2 aliphatic heterocycles. The van der Waals surface area contributed by atoms with Gasteiger partial charge in [0, 0.05) is 31.9 Å². The Morgan fingerprint density at radius 2 is 1.96 bits per heavy atom. The summed E-state index contributed by atoms with van der Waals surface area (Å²) in [6, 6.07) is 8.40. The number of urea groups is 1. The van der Waals surface area contributed by atoms with Crippen molar-refractivity contribution in [2.45, 2.75) is 44.7 Å². The zero-order valence-electron chi connectivity index (χ0n) is 13.9. The van der Waals surface area contributed by atoms with E-state index in [4.69, 9.17) is 4.74 Å². The minimum atomic E-state index is -0.234. The third kappa shape index (κ3) is 4.38. The van der Waals surface area contributed by atoms with Gasteiger partial charge in [-0.05, 0) is 50.3 Å². The highest BCUT2D eigenvalue weighted by molar-refractivity contribution is 5.74. The number of benzene rings is 1. The molecule has 0 bridgehead atoms. The van der Waals surface area contributed by atoms with Crippen LogP contribution in [0.2, 0.25) is 0 Å². The molecule has 2 fully saturated rings. The lowest BCUT2D eigenvalue weighted by atomic mass is 10.0. The van der Waals surface area contributed by atoms with Crippen molar-refractivity contribution < 1.29 is 9.53 Å². The minimum absolute atomic E-state index is 0.127. The van der Waals surface area contributed by atoms with Crippen LogP contribution in [0.15, 0.2) is 24.3 Å². The lowest BCUT2D eigenvalue weighted by Gasteiger charge is -2.29. The maximum absolute atomic E-state index is 12.0. The molecule has 2 amide bonds. The number of rotatable bonds is 4. The maximum Gasteiger partial charge on any atom is 0.315 e. The normalized spacial score (nSPS) is 24.5. The van der Waals surface area contributed by atoms with Crippen LogP contribution >= 0.6 is 0 Å². The molecular weight excluding hydrogens is 290 g/mol. The lowest BCUT2D eigenvalue weighted by molar-refractivity contribution is 0.170. The number of anilines is 1. The Labute approximate surface area is 138 Å². The molecule has 0 aliphatic carbocycles. The highest BCUT2D eigenvalue weighted by Gasteiger charge is 2.31. The Morgan fingerprint density at radius 3 is 2.61 bits per heavy atom. The van der Waals surface area contributed by atoms with Crippen molar-refractivity contribution in [1.82, 2.24) is 10.6 Å². The molecular formula is C18H27N3O2. The summed E-state index contributed by atoms with van der Waals surface area (Å²) < 4.78 is 5.35. The Bertz CT molecular complexity index is 518. The SMILES string of the molecule is CC1(NC(=O)NCc2ccc(N3CCCCC3)cc2)CCOC1. The van der Waals surface area contributed by atoms with E-state index < -0.39 is 0 Å². The first kappa shape index (κ1) is 16.1. The third-order valence-electron chi connectivity index (χ3n) is 4.74. The predicted octanol–water partition coefficient (Wildman–Crippen LogP) is 2.66. The van der Waals surface area contributed by atoms with E-state index in [1.54, 1.807) is 0 Å².